The lowest BCUT2D eigenvalue weighted by Gasteiger charge is -2.15. The molecule has 4 heteroatoms. The quantitative estimate of drug-likeness (QED) is 0.727. The van der Waals surface area contributed by atoms with Crippen molar-refractivity contribution in [3.05, 3.63) is 54.2 Å². The summed E-state index contributed by atoms with van der Waals surface area (Å²) >= 11 is 0. The predicted molar refractivity (Wildman–Crippen MR) is 87.9 cm³/mol. The first-order valence-electron chi connectivity index (χ1n) is 7.42. The number of fused-ring (bicyclic) bond motifs is 3. The molecule has 1 heterocycles. The topological polar surface area (TPSA) is 62.2 Å². The van der Waals surface area contributed by atoms with Gasteiger partial charge in [0.25, 0.3) is 5.91 Å². The van der Waals surface area contributed by atoms with Gasteiger partial charge in [-0.15, -0.1) is 0 Å². The Morgan fingerprint density at radius 1 is 1.23 bits per heavy atom. The first-order valence-corrected chi connectivity index (χ1v) is 7.42. The number of carbonyl (C=O) groups excluding carboxylic acids is 1. The van der Waals surface area contributed by atoms with Crippen molar-refractivity contribution < 1.29 is 9.90 Å². The van der Waals surface area contributed by atoms with Crippen molar-refractivity contribution in [3.8, 4) is 0 Å². The lowest BCUT2D eigenvalue weighted by Crippen LogP contribution is -2.37. The molecule has 2 aromatic carbocycles. The second-order valence-electron chi connectivity index (χ2n) is 5.31. The smallest absolute Gasteiger partial charge is 0.253 e. The number of nitrogens with zero attached hydrogens (tertiary/aromatic N) is 1. The molecule has 4 nitrogen and oxygen atoms in total. The van der Waals surface area contributed by atoms with Gasteiger partial charge in [-0.25, -0.2) is 0 Å². The van der Waals surface area contributed by atoms with E-state index in [0.717, 1.165) is 16.2 Å². The zero-order chi connectivity index (χ0) is 15.5. The standard InChI is InChI=1S/C18H18N2O2/c1-2-13(11-21)20-18(22)16-10-12-6-3-4-7-14(12)15-8-5-9-19-17(15)16/h3-10,13,21H,2,11H2,1H3,(H,20,22). The van der Waals surface area contributed by atoms with E-state index in [1.807, 2.05) is 49.4 Å². The summed E-state index contributed by atoms with van der Waals surface area (Å²) in [6.45, 7) is 1.86. The van der Waals surface area contributed by atoms with Crippen LogP contribution >= 0.6 is 0 Å². The molecule has 1 aromatic heterocycles. The van der Waals surface area contributed by atoms with Crippen molar-refractivity contribution in [2.75, 3.05) is 6.61 Å². The lowest BCUT2D eigenvalue weighted by molar-refractivity contribution is 0.0916. The highest BCUT2D eigenvalue weighted by Crippen LogP contribution is 2.27. The molecule has 3 aromatic rings. The Kier molecular flexibility index (Phi) is 4.02. The molecule has 0 spiro atoms. The van der Waals surface area contributed by atoms with Gasteiger partial charge < -0.3 is 10.4 Å². The summed E-state index contributed by atoms with van der Waals surface area (Å²) in [6, 6.07) is 13.4. The molecule has 2 N–H and O–H groups in total. The van der Waals surface area contributed by atoms with E-state index < -0.39 is 0 Å². The summed E-state index contributed by atoms with van der Waals surface area (Å²) in [6.07, 6.45) is 2.37. The molecular weight excluding hydrogens is 276 g/mol. The highest BCUT2D eigenvalue weighted by atomic mass is 16.3. The SMILES string of the molecule is CCC(CO)NC(=O)c1cc2ccccc2c2cccnc12. The second kappa shape index (κ2) is 6.12. The molecule has 112 valence electrons. The van der Waals surface area contributed by atoms with E-state index in [-0.39, 0.29) is 18.6 Å². The monoisotopic (exact) mass is 294 g/mol. The minimum Gasteiger partial charge on any atom is -0.394 e. The summed E-state index contributed by atoms with van der Waals surface area (Å²) in [7, 11) is 0. The Labute approximate surface area is 128 Å². The summed E-state index contributed by atoms with van der Waals surface area (Å²) in [4.78, 5) is 17.0. The third-order valence-corrected chi connectivity index (χ3v) is 3.91. The number of amides is 1. The molecule has 1 atom stereocenters. The number of hydrogen-bond acceptors (Lipinski definition) is 3. The number of nitrogens with one attached hydrogen (secondary N) is 1. The maximum atomic E-state index is 12.6. The van der Waals surface area contributed by atoms with Gasteiger partial charge >= 0.3 is 0 Å². The minimum absolute atomic E-state index is 0.0683. The maximum absolute atomic E-state index is 12.6. The van der Waals surface area contributed by atoms with Crippen molar-refractivity contribution in [1.82, 2.24) is 10.3 Å². The Balaban J connectivity index is 2.17. The molecule has 0 radical (unpaired) electrons. The van der Waals surface area contributed by atoms with Crippen molar-refractivity contribution in [2.24, 2.45) is 0 Å². The van der Waals surface area contributed by atoms with Crippen molar-refractivity contribution in [3.63, 3.8) is 0 Å². The number of aromatic nitrogens is 1. The molecule has 1 amide bonds. The van der Waals surface area contributed by atoms with E-state index >= 15 is 0 Å². The van der Waals surface area contributed by atoms with Gasteiger partial charge in [0.2, 0.25) is 0 Å². The highest BCUT2D eigenvalue weighted by Gasteiger charge is 2.16. The molecule has 0 bridgehead atoms. The summed E-state index contributed by atoms with van der Waals surface area (Å²) < 4.78 is 0. The summed E-state index contributed by atoms with van der Waals surface area (Å²) in [5.74, 6) is -0.199. The van der Waals surface area contributed by atoms with Crippen LogP contribution in [0.15, 0.2) is 48.7 Å². The van der Waals surface area contributed by atoms with Gasteiger partial charge in [-0.05, 0) is 29.3 Å². The zero-order valence-electron chi connectivity index (χ0n) is 12.4. The average molecular weight is 294 g/mol. The van der Waals surface area contributed by atoms with Crippen molar-refractivity contribution in [1.29, 1.82) is 0 Å². The highest BCUT2D eigenvalue weighted by molar-refractivity contribution is 6.15. The second-order valence-corrected chi connectivity index (χ2v) is 5.31. The van der Waals surface area contributed by atoms with E-state index in [9.17, 15) is 9.90 Å². The van der Waals surface area contributed by atoms with Crippen LogP contribution in [0, 0.1) is 0 Å². The van der Waals surface area contributed by atoms with E-state index in [0.29, 0.717) is 17.5 Å². The van der Waals surface area contributed by atoms with Crippen LogP contribution in [0.3, 0.4) is 0 Å². The van der Waals surface area contributed by atoms with Crippen LogP contribution in [0.5, 0.6) is 0 Å². The van der Waals surface area contributed by atoms with Crippen LogP contribution in [-0.4, -0.2) is 28.6 Å². The fourth-order valence-electron chi connectivity index (χ4n) is 2.64. The van der Waals surface area contributed by atoms with Gasteiger partial charge in [-0.2, -0.15) is 0 Å². The van der Waals surface area contributed by atoms with E-state index in [4.69, 9.17) is 0 Å². The van der Waals surface area contributed by atoms with Gasteiger partial charge in [0, 0.05) is 11.6 Å². The van der Waals surface area contributed by atoms with Crippen molar-refractivity contribution in [2.45, 2.75) is 19.4 Å². The largest absolute Gasteiger partial charge is 0.394 e. The van der Waals surface area contributed by atoms with Crippen LogP contribution in [-0.2, 0) is 0 Å². The number of carbonyl (C=O) groups is 1. The Morgan fingerprint density at radius 2 is 2.00 bits per heavy atom. The first-order chi connectivity index (χ1) is 10.7. The van der Waals surface area contributed by atoms with Crippen LogP contribution in [0.2, 0.25) is 0 Å². The molecular formula is C18H18N2O2. The summed E-state index contributed by atoms with van der Waals surface area (Å²) in [5.41, 5.74) is 1.23. The third-order valence-electron chi connectivity index (χ3n) is 3.91. The van der Waals surface area contributed by atoms with E-state index in [2.05, 4.69) is 10.3 Å². The van der Waals surface area contributed by atoms with E-state index in [1.165, 1.54) is 0 Å². The van der Waals surface area contributed by atoms with Gasteiger partial charge in [-0.3, -0.25) is 9.78 Å². The van der Waals surface area contributed by atoms with Crippen LogP contribution < -0.4 is 5.32 Å². The number of hydrogen-bond donors (Lipinski definition) is 2. The lowest BCUT2D eigenvalue weighted by atomic mass is 10.00. The van der Waals surface area contributed by atoms with E-state index in [1.54, 1.807) is 6.20 Å². The molecule has 0 aliphatic carbocycles. The van der Waals surface area contributed by atoms with Gasteiger partial charge in [0.15, 0.2) is 0 Å². The van der Waals surface area contributed by atoms with Crippen LogP contribution in [0.25, 0.3) is 21.7 Å². The van der Waals surface area contributed by atoms with Gasteiger partial charge in [0.1, 0.15) is 0 Å². The molecule has 0 saturated heterocycles. The number of pyridine rings is 1. The molecule has 22 heavy (non-hydrogen) atoms. The molecule has 1 unspecified atom stereocenters. The molecule has 3 rings (SSSR count). The molecule has 0 aliphatic heterocycles. The fraction of sp³-hybridized carbons (Fsp3) is 0.222. The molecule has 0 aliphatic rings. The Hall–Kier alpha value is -2.46. The predicted octanol–water partition coefficient (Wildman–Crippen LogP) is 2.89. The van der Waals surface area contributed by atoms with Crippen molar-refractivity contribution >= 4 is 27.6 Å². The minimum atomic E-state index is -0.238. The van der Waals surface area contributed by atoms with Gasteiger partial charge in [0.05, 0.1) is 23.7 Å². The Morgan fingerprint density at radius 3 is 2.77 bits per heavy atom. The third kappa shape index (κ3) is 2.53. The number of rotatable bonds is 4. The Bertz CT molecular complexity index is 826. The van der Waals surface area contributed by atoms with Gasteiger partial charge in [-0.1, -0.05) is 37.3 Å². The number of aliphatic hydroxyl groups excluding tert-OH is 1. The maximum Gasteiger partial charge on any atom is 0.253 e. The fourth-order valence-corrected chi connectivity index (χ4v) is 2.64. The summed E-state index contributed by atoms with van der Waals surface area (Å²) in [5, 5.41) is 15.2. The molecule has 0 saturated carbocycles. The first kappa shape index (κ1) is 14.5. The van der Waals surface area contributed by atoms with Crippen LogP contribution in [0.1, 0.15) is 23.7 Å². The number of aliphatic hydroxyl groups is 1. The zero-order valence-corrected chi connectivity index (χ0v) is 12.4. The number of benzene rings is 2. The average Bonchev–Trinajstić information content (AvgIpc) is 2.58. The molecule has 0 fully saturated rings. The van der Waals surface area contributed by atoms with Crippen LogP contribution in [0.4, 0.5) is 0 Å². The normalized spacial score (nSPS) is 12.5.